The zero-order chi connectivity index (χ0) is 20.1. The van der Waals surface area contributed by atoms with Crippen LogP contribution in [0, 0.1) is 5.92 Å². The van der Waals surface area contributed by atoms with Gasteiger partial charge in [0.05, 0.1) is 12.2 Å². The quantitative estimate of drug-likeness (QED) is 0.809. The molecule has 29 heavy (non-hydrogen) atoms. The standard InChI is InChI=1S/C22H27N3O4/c26-20(17-7-4-12-25(15-17)22(27)19-10-5-13-28-19)24-14-16-6-3-11-23-21(16)29-18-8-1-2-9-18/h3,5-6,10-11,13,17-18H,1-2,4,7-9,12,14-15H2,(H,24,26)/t17-/m0/s1. The molecule has 0 unspecified atom stereocenters. The van der Waals surface area contributed by atoms with Gasteiger partial charge in [-0.25, -0.2) is 4.98 Å². The van der Waals surface area contributed by atoms with E-state index in [1.807, 2.05) is 12.1 Å². The fourth-order valence-corrected chi connectivity index (χ4v) is 4.09. The van der Waals surface area contributed by atoms with Gasteiger partial charge in [-0.15, -0.1) is 0 Å². The molecule has 2 aromatic rings. The van der Waals surface area contributed by atoms with Crippen molar-refractivity contribution in [1.82, 2.24) is 15.2 Å². The van der Waals surface area contributed by atoms with Crippen LogP contribution in [0.5, 0.6) is 5.88 Å². The van der Waals surface area contributed by atoms with Crippen molar-refractivity contribution in [3.05, 3.63) is 48.0 Å². The first-order chi connectivity index (χ1) is 14.2. The normalized spacial score (nSPS) is 19.9. The lowest BCUT2D eigenvalue weighted by atomic mass is 9.97. The molecule has 2 aliphatic rings. The van der Waals surface area contributed by atoms with Crippen molar-refractivity contribution in [3.8, 4) is 5.88 Å². The highest BCUT2D eigenvalue weighted by Gasteiger charge is 2.30. The van der Waals surface area contributed by atoms with Gasteiger partial charge in [-0.1, -0.05) is 6.07 Å². The topological polar surface area (TPSA) is 84.7 Å². The van der Waals surface area contributed by atoms with Crippen molar-refractivity contribution in [3.63, 3.8) is 0 Å². The minimum absolute atomic E-state index is 0.0439. The minimum atomic E-state index is -0.224. The number of carbonyl (C=O) groups excluding carboxylic acids is 2. The molecule has 1 aliphatic carbocycles. The number of piperidine rings is 1. The predicted molar refractivity (Wildman–Crippen MR) is 106 cm³/mol. The Bertz CT molecular complexity index is 830. The Morgan fingerprint density at radius 3 is 2.83 bits per heavy atom. The number of pyridine rings is 1. The number of furan rings is 1. The molecule has 1 N–H and O–H groups in total. The molecule has 1 aliphatic heterocycles. The smallest absolute Gasteiger partial charge is 0.289 e. The number of carbonyl (C=O) groups is 2. The first-order valence-electron chi connectivity index (χ1n) is 10.4. The van der Waals surface area contributed by atoms with Crippen molar-refractivity contribution < 1.29 is 18.7 Å². The summed E-state index contributed by atoms with van der Waals surface area (Å²) in [7, 11) is 0. The maximum atomic E-state index is 12.7. The van der Waals surface area contributed by atoms with Gasteiger partial charge in [-0.2, -0.15) is 0 Å². The van der Waals surface area contributed by atoms with Gasteiger partial charge >= 0.3 is 0 Å². The molecule has 1 atom stereocenters. The van der Waals surface area contributed by atoms with Gasteiger partial charge in [0.25, 0.3) is 5.91 Å². The van der Waals surface area contributed by atoms with E-state index in [1.165, 1.54) is 19.1 Å². The molecule has 0 aromatic carbocycles. The summed E-state index contributed by atoms with van der Waals surface area (Å²) < 4.78 is 11.3. The summed E-state index contributed by atoms with van der Waals surface area (Å²) in [4.78, 5) is 31.3. The third-order valence-corrected chi connectivity index (χ3v) is 5.69. The van der Waals surface area contributed by atoms with E-state index >= 15 is 0 Å². The molecule has 1 saturated carbocycles. The van der Waals surface area contributed by atoms with Gasteiger partial charge in [-0.3, -0.25) is 9.59 Å². The number of amides is 2. The van der Waals surface area contributed by atoms with Crippen LogP contribution in [0.4, 0.5) is 0 Å². The van der Waals surface area contributed by atoms with E-state index in [4.69, 9.17) is 9.15 Å². The molecule has 154 valence electrons. The molecular weight excluding hydrogens is 370 g/mol. The fourth-order valence-electron chi connectivity index (χ4n) is 4.09. The highest BCUT2D eigenvalue weighted by molar-refractivity contribution is 5.92. The second-order valence-corrected chi connectivity index (χ2v) is 7.78. The van der Waals surface area contributed by atoms with E-state index in [0.717, 1.165) is 31.2 Å². The van der Waals surface area contributed by atoms with Crippen LogP contribution in [0.1, 0.15) is 54.6 Å². The van der Waals surface area contributed by atoms with Crippen LogP contribution in [-0.2, 0) is 11.3 Å². The zero-order valence-electron chi connectivity index (χ0n) is 16.5. The molecule has 2 amide bonds. The van der Waals surface area contributed by atoms with Crippen LogP contribution in [0.15, 0.2) is 41.1 Å². The van der Waals surface area contributed by atoms with Crippen molar-refractivity contribution in [1.29, 1.82) is 0 Å². The number of ether oxygens (including phenoxy) is 1. The lowest BCUT2D eigenvalue weighted by Gasteiger charge is -2.31. The number of likely N-dealkylation sites (tertiary alicyclic amines) is 1. The summed E-state index contributed by atoms with van der Waals surface area (Å²) in [5.74, 6) is 0.497. The zero-order valence-corrected chi connectivity index (χ0v) is 16.5. The highest BCUT2D eigenvalue weighted by atomic mass is 16.5. The van der Waals surface area contributed by atoms with Gasteiger partial charge in [0, 0.05) is 31.4 Å². The van der Waals surface area contributed by atoms with Crippen LogP contribution in [-0.4, -0.2) is 40.9 Å². The number of aromatic nitrogens is 1. The second-order valence-electron chi connectivity index (χ2n) is 7.78. The van der Waals surface area contributed by atoms with Gasteiger partial charge in [0.1, 0.15) is 6.10 Å². The lowest BCUT2D eigenvalue weighted by Crippen LogP contribution is -2.45. The average Bonchev–Trinajstić information content (AvgIpc) is 3.47. The van der Waals surface area contributed by atoms with E-state index in [0.29, 0.717) is 31.3 Å². The van der Waals surface area contributed by atoms with E-state index in [9.17, 15) is 9.59 Å². The highest BCUT2D eigenvalue weighted by Crippen LogP contribution is 2.25. The maximum Gasteiger partial charge on any atom is 0.289 e. The van der Waals surface area contributed by atoms with Gasteiger partial charge in [0.15, 0.2) is 5.76 Å². The van der Waals surface area contributed by atoms with Crippen molar-refractivity contribution in [2.45, 2.75) is 51.2 Å². The third-order valence-electron chi connectivity index (χ3n) is 5.69. The Kier molecular flexibility index (Phi) is 6.12. The number of rotatable bonds is 6. The van der Waals surface area contributed by atoms with Crippen LogP contribution in [0.2, 0.25) is 0 Å². The van der Waals surface area contributed by atoms with E-state index in [1.54, 1.807) is 23.2 Å². The summed E-state index contributed by atoms with van der Waals surface area (Å²) in [5.41, 5.74) is 0.882. The Hall–Kier alpha value is -2.83. The summed E-state index contributed by atoms with van der Waals surface area (Å²) in [6, 6.07) is 7.14. The number of hydrogen-bond donors (Lipinski definition) is 1. The SMILES string of the molecule is O=C(NCc1cccnc1OC1CCCC1)[C@H]1CCCN(C(=O)c2ccco2)C1. The number of hydrogen-bond acceptors (Lipinski definition) is 5. The monoisotopic (exact) mass is 397 g/mol. The van der Waals surface area contributed by atoms with E-state index in [2.05, 4.69) is 10.3 Å². The van der Waals surface area contributed by atoms with E-state index < -0.39 is 0 Å². The molecule has 0 radical (unpaired) electrons. The first kappa shape index (κ1) is 19.5. The van der Waals surface area contributed by atoms with Crippen molar-refractivity contribution >= 4 is 11.8 Å². The molecule has 2 aromatic heterocycles. The maximum absolute atomic E-state index is 12.7. The summed E-state index contributed by atoms with van der Waals surface area (Å²) in [6.45, 7) is 1.42. The minimum Gasteiger partial charge on any atom is -0.474 e. The lowest BCUT2D eigenvalue weighted by molar-refractivity contribution is -0.126. The summed E-state index contributed by atoms with van der Waals surface area (Å²) in [5, 5.41) is 3.01. The largest absolute Gasteiger partial charge is 0.474 e. The summed E-state index contributed by atoms with van der Waals surface area (Å²) >= 11 is 0. The second kappa shape index (κ2) is 9.11. The molecule has 7 heteroatoms. The molecule has 3 heterocycles. The Balaban J connectivity index is 1.33. The van der Waals surface area contributed by atoms with Crippen LogP contribution >= 0.6 is 0 Å². The Labute approximate surface area is 170 Å². The summed E-state index contributed by atoms with van der Waals surface area (Å²) in [6.07, 6.45) is 9.50. The van der Waals surface area contributed by atoms with Crippen LogP contribution in [0.3, 0.4) is 0 Å². The molecule has 7 nitrogen and oxygen atoms in total. The molecule has 0 spiro atoms. The molecule has 2 fully saturated rings. The van der Waals surface area contributed by atoms with E-state index in [-0.39, 0.29) is 23.8 Å². The molecular formula is C22H27N3O4. The Morgan fingerprint density at radius 2 is 2.03 bits per heavy atom. The third kappa shape index (κ3) is 4.78. The number of nitrogens with one attached hydrogen (secondary N) is 1. The molecule has 0 bridgehead atoms. The van der Waals surface area contributed by atoms with Gasteiger partial charge < -0.3 is 19.4 Å². The first-order valence-corrected chi connectivity index (χ1v) is 10.4. The average molecular weight is 397 g/mol. The van der Waals surface area contributed by atoms with Gasteiger partial charge in [-0.05, 0) is 56.7 Å². The fraction of sp³-hybridized carbons (Fsp3) is 0.500. The van der Waals surface area contributed by atoms with Crippen LogP contribution < -0.4 is 10.1 Å². The molecule has 1 saturated heterocycles. The Morgan fingerprint density at radius 1 is 1.17 bits per heavy atom. The number of nitrogens with zero attached hydrogens (tertiary/aromatic N) is 2. The van der Waals surface area contributed by atoms with Gasteiger partial charge in [0.2, 0.25) is 11.8 Å². The van der Waals surface area contributed by atoms with Crippen molar-refractivity contribution in [2.75, 3.05) is 13.1 Å². The van der Waals surface area contributed by atoms with Crippen molar-refractivity contribution in [2.24, 2.45) is 5.92 Å². The predicted octanol–water partition coefficient (Wildman–Crippen LogP) is 3.16. The molecule has 4 rings (SSSR count). The van der Waals surface area contributed by atoms with Crippen LogP contribution in [0.25, 0.3) is 0 Å².